The highest BCUT2D eigenvalue weighted by atomic mass is 32.2. The molecule has 7 nitrogen and oxygen atoms in total. The van der Waals surface area contributed by atoms with Crippen LogP contribution in [0.2, 0.25) is 0 Å². The highest BCUT2D eigenvalue weighted by Crippen LogP contribution is 2.23. The molecule has 0 atom stereocenters. The molecule has 0 fully saturated rings. The van der Waals surface area contributed by atoms with Crippen LogP contribution in [0.25, 0.3) is 17.1 Å². The molecule has 0 bridgehead atoms. The number of hydrogen-bond donors (Lipinski definition) is 0. The van der Waals surface area contributed by atoms with Crippen LogP contribution in [-0.2, 0) is 32.7 Å². The summed E-state index contributed by atoms with van der Waals surface area (Å²) in [5.74, 6) is 0.126. The molecule has 2 heterocycles. The average molecular weight is 434 g/mol. The molecule has 1 aromatic carbocycles. The maximum absolute atomic E-state index is 12.4. The summed E-state index contributed by atoms with van der Waals surface area (Å²) >= 11 is 1.55. The second-order valence-electron chi connectivity index (χ2n) is 6.62. The molecular formula is C20H23N3O4S2. The molecular weight excluding hydrogens is 410 g/mol. The number of thiophene rings is 1. The number of carbonyl (C=O) groups excluding carboxylic acids is 1. The maximum atomic E-state index is 12.4. The van der Waals surface area contributed by atoms with Gasteiger partial charge in [-0.3, -0.25) is 0 Å². The van der Waals surface area contributed by atoms with Crippen LogP contribution >= 0.6 is 11.3 Å². The van der Waals surface area contributed by atoms with E-state index in [9.17, 15) is 13.2 Å². The Bertz CT molecular complexity index is 1130. The molecule has 3 aromatic rings. The van der Waals surface area contributed by atoms with Gasteiger partial charge in [0.2, 0.25) is 10.0 Å². The molecule has 0 unspecified atom stereocenters. The van der Waals surface area contributed by atoms with Gasteiger partial charge < -0.3 is 9.30 Å². The van der Waals surface area contributed by atoms with Gasteiger partial charge in [0.15, 0.2) is 0 Å². The Kier molecular flexibility index (Phi) is 6.51. The first-order chi connectivity index (χ1) is 13.8. The van der Waals surface area contributed by atoms with E-state index < -0.39 is 16.0 Å². The Hall–Kier alpha value is -2.49. The largest absolute Gasteiger partial charge is 0.454 e. The van der Waals surface area contributed by atoms with E-state index in [0.29, 0.717) is 17.9 Å². The summed E-state index contributed by atoms with van der Waals surface area (Å²) in [6.07, 6.45) is 3.95. The van der Waals surface area contributed by atoms with Crippen molar-refractivity contribution in [1.82, 2.24) is 13.9 Å². The van der Waals surface area contributed by atoms with E-state index in [4.69, 9.17) is 4.74 Å². The van der Waals surface area contributed by atoms with Crippen molar-refractivity contribution in [3.8, 4) is 0 Å². The Morgan fingerprint density at radius 3 is 2.76 bits per heavy atom. The van der Waals surface area contributed by atoms with Crippen LogP contribution in [0.15, 0.2) is 46.0 Å². The Morgan fingerprint density at radius 2 is 2.10 bits per heavy atom. The Morgan fingerprint density at radius 1 is 1.31 bits per heavy atom. The number of aryl methyl sites for hydroxylation is 1. The van der Waals surface area contributed by atoms with Crippen molar-refractivity contribution in [3.05, 3.63) is 52.5 Å². The van der Waals surface area contributed by atoms with Crippen molar-refractivity contribution >= 4 is 44.4 Å². The molecule has 0 aliphatic carbocycles. The Balaban J connectivity index is 1.84. The van der Waals surface area contributed by atoms with E-state index in [0.717, 1.165) is 17.5 Å². The van der Waals surface area contributed by atoms with Crippen LogP contribution in [0.4, 0.5) is 0 Å². The lowest BCUT2D eigenvalue weighted by Crippen LogP contribution is -2.22. The number of nitrogens with zero attached hydrogens (tertiary/aromatic N) is 3. The second kappa shape index (κ2) is 8.89. The van der Waals surface area contributed by atoms with Crippen LogP contribution in [0, 0.1) is 0 Å². The molecule has 9 heteroatoms. The molecule has 0 spiro atoms. The molecule has 0 saturated carbocycles. The predicted octanol–water partition coefficient (Wildman–Crippen LogP) is 3.51. The molecule has 0 radical (unpaired) electrons. The first kappa shape index (κ1) is 21.2. The normalized spacial score (nSPS) is 12.3. The van der Waals surface area contributed by atoms with Crippen molar-refractivity contribution in [3.63, 3.8) is 0 Å². The van der Waals surface area contributed by atoms with Gasteiger partial charge in [-0.15, -0.1) is 0 Å². The summed E-state index contributed by atoms with van der Waals surface area (Å²) in [4.78, 5) is 16.7. The van der Waals surface area contributed by atoms with Gasteiger partial charge >= 0.3 is 5.97 Å². The fourth-order valence-electron chi connectivity index (χ4n) is 2.83. The number of carbonyl (C=O) groups is 1. The number of esters is 1. The third-order valence-electron chi connectivity index (χ3n) is 4.32. The third kappa shape index (κ3) is 4.75. The number of fused-ring (bicyclic) bond motifs is 1. The van der Waals surface area contributed by atoms with Crippen LogP contribution in [0.1, 0.15) is 24.7 Å². The minimum absolute atomic E-state index is 0.0112. The van der Waals surface area contributed by atoms with Crippen molar-refractivity contribution < 1.29 is 17.9 Å². The molecule has 0 saturated heterocycles. The highest BCUT2D eigenvalue weighted by molar-refractivity contribution is 7.89. The molecule has 0 aliphatic heterocycles. The quantitative estimate of drug-likeness (QED) is 0.401. The average Bonchev–Trinajstić information content (AvgIpc) is 3.32. The zero-order valence-corrected chi connectivity index (χ0v) is 18.2. The van der Waals surface area contributed by atoms with Gasteiger partial charge in [0.05, 0.1) is 15.9 Å². The minimum Gasteiger partial charge on any atom is -0.454 e. The van der Waals surface area contributed by atoms with Crippen molar-refractivity contribution in [2.24, 2.45) is 0 Å². The van der Waals surface area contributed by atoms with E-state index in [1.807, 2.05) is 28.3 Å². The number of imidazole rings is 1. The van der Waals surface area contributed by atoms with Crippen molar-refractivity contribution in [1.29, 1.82) is 0 Å². The molecule has 0 aliphatic rings. The first-order valence-electron chi connectivity index (χ1n) is 9.11. The molecule has 3 rings (SSSR count). The van der Waals surface area contributed by atoms with Gasteiger partial charge in [-0.2, -0.15) is 11.3 Å². The fourth-order valence-corrected chi connectivity index (χ4v) is 4.38. The van der Waals surface area contributed by atoms with Gasteiger partial charge in [-0.05, 0) is 53.1 Å². The van der Waals surface area contributed by atoms with Crippen LogP contribution < -0.4 is 0 Å². The molecule has 0 N–H and O–H groups in total. The minimum atomic E-state index is -3.55. The number of sulfonamides is 1. The van der Waals surface area contributed by atoms with E-state index in [1.54, 1.807) is 35.6 Å². The lowest BCUT2D eigenvalue weighted by Gasteiger charge is -2.11. The molecule has 29 heavy (non-hydrogen) atoms. The predicted molar refractivity (Wildman–Crippen MR) is 114 cm³/mol. The topological polar surface area (TPSA) is 81.5 Å². The summed E-state index contributed by atoms with van der Waals surface area (Å²) in [5.41, 5.74) is 2.31. The van der Waals surface area contributed by atoms with E-state index in [2.05, 4.69) is 4.98 Å². The van der Waals surface area contributed by atoms with Crippen LogP contribution in [0.3, 0.4) is 0 Å². The van der Waals surface area contributed by atoms with Gasteiger partial charge in [-0.1, -0.05) is 6.92 Å². The number of benzene rings is 1. The van der Waals surface area contributed by atoms with Gasteiger partial charge in [-0.25, -0.2) is 22.5 Å². The fraction of sp³-hybridized carbons (Fsp3) is 0.300. The Labute approximate surface area is 174 Å². The molecule has 0 amide bonds. The van der Waals surface area contributed by atoms with Crippen LogP contribution in [0.5, 0.6) is 0 Å². The van der Waals surface area contributed by atoms with Crippen molar-refractivity contribution in [2.45, 2.75) is 31.4 Å². The number of aromatic nitrogens is 2. The van der Waals surface area contributed by atoms with Gasteiger partial charge in [0.1, 0.15) is 12.4 Å². The summed E-state index contributed by atoms with van der Waals surface area (Å²) in [6.45, 7) is 2.74. The van der Waals surface area contributed by atoms with E-state index in [1.165, 1.54) is 24.5 Å². The number of rotatable bonds is 8. The number of hydrogen-bond acceptors (Lipinski definition) is 6. The monoisotopic (exact) mass is 433 g/mol. The lowest BCUT2D eigenvalue weighted by atomic mass is 10.3. The standard InChI is InChI=1S/C20H23N3O4S2/c1-4-10-23-18-7-6-16(29(25,26)22(2)3)12-17(18)21-19(23)13-27-20(24)8-5-15-9-11-28-14-15/h5-9,11-12,14H,4,10,13H2,1-3H3/b8-5+. The smallest absolute Gasteiger partial charge is 0.331 e. The van der Waals surface area contributed by atoms with Gasteiger partial charge in [0.25, 0.3) is 0 Å². The summed E-state index contributed by atoms with van der Waals surface area (Å²) < 4.78 is 33.3. The van der Waals surface area contributed by atoms with E-state index >= 15 is 0 Å². The highest BCUT2D eigenvalue weighted by Gasteiger charge is 2.20. The number of ether oxygens (including phenoxy) is 1. The lowest BCUT2D eigenvalue weighted by molar-refractivity contribution is -0.139. The van der Waals surface area contributed by atoms with E-state index in [-0.39, 0.29) is 11.5 Å². The SMILES string of the molecule is CCCn1c(COC(=O)/C=C/c2ccsc2)nc2cc(S(=O)(=O)N(C)C)ccc21. The first-order valence-corrected chi connectivity index (χ1v) is 11.5. The zero-order valence-electron chi connectivity index (χ0n) is 16.5. The second-order valence-corrected chi connectivity index (χ2v) is 9.55. The summed E-state index contributed by atoms with van der Waals surface area (Å²) in [6, 6.07) is 6.79. The maximum Gasteiger partial charge on any atom is 0.331 e. The zero-order chi connectivity index (χ0) is 21.0. The summed E-state index contributed by atoms with van der Waals surface area (Å²) in [5, 5.41) is 3.87. The molecule has 2 aromatic heterocycles. The van der Waals surface area contributed by atoms with Crippen molar-refractivity contribution in [2.75, 3.05) is 14.1 Å². The van der Waals surface area contributed by atoms with Crippen LogP contribution in [-0.4, -0.2) is 42.3 Å². The van der Waals surface area contributed by atoms with Gasteiger partial charge in [0, 0.05) is 26.7 Å². The third-order valence-corrected chi connectivity index (χ3v) is 6.84. The molecule has 154 valence electrons. The summed E-state index contributed by atoms with van der Waals surface area (Å²) in [7, 11) is -0.569.